The van der Waals surface area contributed by atoms with Gasteiger partial charge in [0.1, 0.15) is 16.8 Å². The molecule has 0 aromatic carbocycles. The molecule has 2 unspecified atom stereocenters. The van der Waals surface area contributed by atoms with E-state index >= 15 is 0 Å². The van der Waals surface area contributed by atoms with Crippen molar-refractivity contribution >= 4 is 17.4 Å². The summed E-state index contributed by atoms with van der Waals surface area (Å²) in [5, 5.41) is 4.15. The highest BCUT2D eigenvalue weighted by molar-refractivity contribution is 6.29. The molecule has 0 bridgehead atoms. The van der Waals surface area contributed by atoms with Crippen molar-refractivity contribution in [2.24, 2.45) is 11.8 Å². The van der Waals surface area contributed by atoms with E-state index in [9.17, 15) is 0 Å². The first-order valence-corrected chi connectivity index (χ1v) is 8.47. The molecular weight excluding hydrogens is 282 g/mol. The molecule has 0 radical (unpaired) electrons. The van der Waals surface area contributed by atoms with E-state index in [1.807, 2.05) is 6.07 Å². The van der Waals surface area contributed by atoms with Gasteiger partial charge in [0, 0.05) is 17.5 Å². The molecule has 118 valence electrons. The molecule has 0 aliphatic heterocycles. The van der Waals surface area contributed by atoms with E-state index in [4.69, 9.17) is 11.6 Å². The fraction of sp³-hybridized carbons (Fsp3) is 0.765. The van der Waals surface area contributed by atoms with Crippen LogP contribution in [0.5, 0.6) is 0 Å². The normalized spacial score (nSPS) is 23.4. The Balaban J connectivity index is 2.20. The summed E-state index contributed by atoms with van der Waals surface area (Å²) in [6, 6.07) is 2.35. The number of hydrogen-bond donors (Lipinski definition) is 1. The zero-order valence-electron chi connectivity index (χ0n) is 13.9. The van der Waals surface area contributed by atoms with Crippen molar-refractivity contribution in [3.8, 4) is 0 Å². The van der Waals surface area contributed by atoms with Crippen LogP contribution in [0.25, 0.3) is 0 Å². The summed E-state index contributed by atoms with van der Waals surface area (Å²) in [6.07, 6.45) is 5.17. The minimum Gasteiger partial charge on any atom is -0.367 e. The summed E-state index contributed by atoms with van der Waals surface area (Å²) >= 11 is 6.18. The Bertz CT molecular complexity index is 479. The maximum absolute atomic E-state index is 6.18. The predicted octanol–water partition coefficient (Wildman–Crippen LogP) is 5.05. The average Bonchev–Trinajstić information content (AvgIpc) is 2.37. The van der Waals surface area contributed by atoms with E-state index < -0.39 is 0 Å². The highest BCUT2D eigenvalue weighted by Crippen LogP contribution is 2.32. The highest BCUT2D eigenvalue weighted by atomic mass is 35.5. The van der Waals surface area contributed by atoms with Crippen molar-refractivity contribution in [1.82, 2.24) is 9.97 Å². The van der Waals surface area contributed by atoms with Crippen molar-refractivity contribution < 1.29 is 0 Å². The summed E-state index contributed by atoms with van der Waals surface area (Å²) in [4.78, 5) is 9.05. The summed E-state index contributed by atoms with van der Waals surface area (Å²) in [6.45, 7) is 11.0. The van der Waals surface area contributed by atoms with E-state index in [0.717, 1.165) is 11.6 Å². The van der Waals surface area contributed by atoms with Gasteiger partial charge in [0.05, 0.1) is 0 Å². The third-order valence-corrected chi connectivity index (χ3v) is 4.57. The lowest BCUT2D eigenvalue weighted by atomic mass is 9.78. The van der Waals surface area contributed by atoms with Crippen LogP contribution in [0.4, 0.5) is 5.82 Å². The second-order valence-corrected chi connectivity index (χ2v) is 7.98. The lowest BCUT2D eigenvalue weighted by molar-refractivity contribution is 0.253. The standard InChI is InChI=1S/C17H28ClN3/c1-11(2)12-8-6-7-9-13(12)19-15-10-14(18)20-16(21-15)17(3,4)5/h10-13H,6-9H2,1-5H3,(H,19,20,21). The van der Waals surface area contributed by atoms with Gasteiger partial charge in [-0.15, -0.1) is 0 Å². The molecule has 0 amide bonds. The molecule has 1 aromatic heterocycles. The molecule has 0 spiro atoms. The molecule has 3 nitrogen and oxygen atoms in total. The number of halogens is 1. The Labute approximate surface area is 133 Å². The minimum atomic E-state index is -0.0919. The largest absolute Gasteiger partial charge is 0.367 e. The first-order valence-electron chi connectivity index (χ1n) is 8.09. The van der Waals surface area contributed by atoms with Crippen LogP contribution in [0.15, 0.2) is 6.07 Å². The smallest absolute Gasteiger partial charge is 0.137 e. The van der Waals surface area contributed by atoms with Crippen LogP contribution < -0.4 is 5.32 Å². The van der Waals surface area contributed by atoms with Crippen molar-refractivity contribution in [3.63, 3.8) is 0 Å². The average molecular weight is 310 g/mol. The van der Waals surface area contributed by atoms with Crippen molar-refractivity contribution in [2.45, 2.75) is 71.8 Å². The number of nitrogens with one attached hydrogen (secondary N) is 1. The third kappa shape index (κ3) is 4.32. The molecule has 21 heavy (non-hydrogen) atoms. The number of aromatic nitrogens is 2. The van der Waals surface area contributed by atoms with Crippen LogP contribution in [0, 0.1) is 11.8 Å². The molecule has 0 saturated heterocycles. The van der Waals surface area contributed by atoms with Crippen molar-refractivity contribution in [1.29, 1.82) is 0 Å². The highest BCUT2D eigenvalue weighted by Gasteiger charge is 2.28. The maximum atomic E-state index is 6.18. The SMILES string of the molecule is CC(C)C1CCCCC1Nc1cc(Cl)nc(C(C)(C)C)n1. The zero-order chi connectivity index (χ0) is 15.6. The van der Waals surface area contributed by atoms with Crippen LogP contribution in [-0.2, 0) is 5.41 Å². The molecular formula is C17H28ClN3. The van der Waals surface area contributed by atoms with Crippen LogP contribution in [-0.4, -0.2) is 16.0 Å². The fourth-order valence-corrected chi connectivity index (χ4v) is 3.34. The summed E-state index contributed by atoms with van der Waals surface area (Å²) in [7, 11) is 0. The molecule has 1 saturated carbocycles. The minimum absolute atomic E-state index is 0.0919. The number of hydrogen-bond acceptors (Lipinski definition) is 3. The van der Waals surface area contributed by atoms with E-state index in [1.165, 1.54) is 25.7 Å². The van der Waals surface area contributed by atoms with Crippen molar-refractivity contribution in [2.75, 3.05) is 5.32 Å². The van der Waals surface area contributed by atoms with Gasteiger partial charge in [-0.25, -0.2) is 9.97 Å². The van der Waals surface area contributed by atoms with Gasteiger partial charge in [0.2, 0.25) is 0 Å². The predicted molar refractivity (Wildman–Crippen MR) is 89.9 cm³/mol. The third-order valence-electron chi connectivity index (χ3n) is 4.37. The van der Waals surface area contributed by atoms with Gasteiger partial charge in [-0.2, -0.15) is 0 Å². The first kappa shape index (κ1) is 16.5. The fourth-order valence-electron chi connectivity index (χ4n) is 3.15. The molecule has 1 aliphatic rings. The molecule has 1 aliphatic carbocycles. The molecule has 2 atom stereocenters. The molecule has 2 rings (SSSR count). The molecule has 1 aromatic rings. The van der Waals surface area contributed by atoms with Gasteiger partial charge in [-0.3, -0.25) is 0 Å². The molecule has 4 heteroatoms. The summed E-state index contributed by atoms with van der Waals surface area (Å²) < 4.78 is 0. The van der Waals surface area contributed by atoms with E-state index in [-0.39, 0.29) is 5.41 Å². The number of rotatable bonds is 3. The topological polar surface area (TPSA) is 37.8 Å². The van der Waals surface area contributed by atoms with E-state index in [0.29, 0.717) is 23.0 Å². The quantitative estimate of drug-likeness (QED) is 0.794. The Hall–Kier alpha value is -0.830. The van der Waals surface area contributed by atoms with Gasteiger partial charge in [0.15, 0.2) is 0 Å². The number of nitrogens with zero attached hydrogens (tertiary/aromatic N) is 2. The van der Waals surface area contributed by atoms with Crippen LogP contribution in [0.1, 0.15) is 66.1 Å². The van der Waals surface area contributed by atoms with Gasteiger partial charge >= 0.3 is 0 Å². The van der Waals surface area contributed by atoms with Gasteiger partial charge in [-0.1, -0.05) is 59.1 Å². The van der Waals surface area contributed by atoms with Crippen molar-refractivity contribution in [3.05, 3.63) is 17.0 Å². The second-order valence-electron chi connectivity index (χ2n) is 7.59. The Morgan fingerprint density at radius 3 is 2.48 bits per heavy atom. The van der Waals surface area contributed by atoms with Gasteiger partial charge < -0.3 is 5.32 Å². The zero-order valence-corrected chi connectivity index (χ0v) is 14.7. The van der Waals surface area contributed by atoms with Gasteiger partial charge in [-0.05, 0) is 24.7 Å². The number of anilines is 1. The van der Waals surface area contributed by atoms with Crippen LogP contribution in [0.2, 0.25) is 5.15 Å². The van der Waals surface area contributed by atoms with Crippen LogP contribution >= 0.6 is 11.6 Å². The lowest BCUT2D eigenvalue weighted by Crippen LogP contribution is -2.35. The molecule has 1 N–H and O–H groups in total. The monoisotopic (exact) mass is 309 g/mol. The van der Waals surface area contributed by atoms with E-state index in [2.05, 4.69) is 49.9 Å². The molecule has 1 heterocycles. The second kappa shape index (κ2) is 6.51. The van der Waals surface area contributed by atoms with Gasteiger partial charge in [0.25, 0.3) is 0 Å². The summed E-state index contributed by atoms with van der Waals surface area (Å²) in [5.74, 6) is 3.08. The lowest BCUT2D eigenvalue weighted by Gasteiger charge is -2.35. The Kier molecular flexibility index (Phi) is 5.13. The summed E-state index contributed by atoms with van der Waals surface area (Å²) in [5.41, 5.74) is -0.0919. The van der Waals surface area contributed by atoms with E-state index in [1.54, 1.807) is 0 Å². The molecule has 1 fully saturated rings. The first-order chi connectivity index (χ1) is 9.77. The Morgan fingerprint density at radius 1 is 1.19 bits per heavy atom. The maximum Gasteiger partial charge on any atom is 0.137 e. The Morgan fingerprint density at radius 2 is 1.86 bits per heavy atom. The van der Waals surface area contributed by atoms with Crippen LogP contribution in [0.3, 0.4) is 0 Å².